The predicted molar refractivity (Wildman–Crippen MR) is 116 cm³/mol. The fourth-order valence-electron chi connectivity index (χ4n) is 2.49. The average molecular weight is 487 g/mol. The van der Waals surface area contributed by atoms with Crippen molar-refractivity contribution in [1.82, 2.24) is 4.98 Å². The van der Waals surface area contributed by atoms with E-state index < -0.39 is 15.9 Å². The first kappa shape index (κ1) is 22.3. The Balaban J connectivity index is 1.83. The van der Waals surface area contributed by atoms with Gasteiger partial charge in [0.05, 0.1) is 6.42 Å². The predicted octanol–water partition coefficient (Wildman–Crippen LogP) is 4.66. The largest absolute Gasteiger partial charge is 0.456 e. The van der Waals surface area contributed by atoms with Crippen molar-refractivity contribution in [3.05, 3.63) is 75.5 Å². The highest BCUT2D eigenvalue weighted by atomic mass is 35.5. The number of carbonyl (C=O) groups is 1. The molecular weight excluding hydrogens is 473 g/mol. The second kappa shape index (κ2) is 9.20. The van der Waals surface area contributed by atoms with Crippen LogP contribution < -0.4 is 15.2 Å². The molecule has 0 radical (unpaired) electrons. The highest BCUT2D eigenvalue weighted by molar-refractivity contribution is 7.89. The lowest BCUT2D eigenvalue weighted by molar-refractivity contribution is -0.115. The number of aromatic nitrogens is 1. The van der Waals surface area contributed by atoms with Gasteiger partial charge in [0.1, 0.15) is 21.5 Å². The molecule has 30 heavy (non-hydrogen) atoms. The molecule has 3 aromatic rings. The monoisotopic (exact) mass is 485 g/mol. The van der Waals surface area contributed by atoms with E-state index in [1.165, 1.54) is 36.5 Å². The molecule has 0 saturated heterocycles. The number of hydrogen-bond donors (Lipinski definition) is 2. The van der Waals surface area contributed by atoms with Gasteiger partial charge in [0.25, 0.3) is 0 Å². The third-order valence-corrected chi connectivity index (χ3v) is 5.53. The molecule has 0 saturated carbocycles. The lowest BCUT2D eigenvalue weighted by atomic mass is 10.2. The molecule has 1 heterocycles. The number of nitrogens with one attached hydrogen (secondary N) is 1. The Morgan fingerprint density at radius 2 is 1.87 bits per heavy atom. The number of nitrogens with two attached hydrogens (primary N) is 1. The number of carbonyl (C=O) groups excluding carboxylic acids is 1. The lowest BCUT2D eigenvalue weighted by Crippen LogP contribution is -2.17. The maximum atomic E-state index is 12.3. The molecular formula is C19H14Cl3N3O4S. The van der Waals surface area contributed by atoms with E-state index >= 15 is 0 Å². The lowest BCUT2D eigenvalue weighted by Gasteiger charge is -2.13. The van der Waals surface area contributed by atoms with E-state index in [0.29, 0.717) is 21.4 Å². The number of benzene rings is 2. The van der Waals surface area contributed by atoms with Gasteiger partial charge in [0.2, 0.25) is 15.9 Å². The van der Waals surface area contributed by atoms with Crippen molar-refractivity contribution in [3.63, 3.8) is 0 Å². The van der Waals surface area contributed by atoms with Gasteiger partial charge >= 0.3 is 0 Å². The van der Waals surface area contributed by atoms with Crippen LogP contribution in [0.25, 0.3) is 0 Å². The summed E-state index contributed by atoms with van der Waals surface area (Å²) in [5.41, 5.74) is 0.673. The minimum Gasteiger partial charge on any atom is -0.456 e. The van der Waals surface area contributed by atoms with E-state index in [2.05, 4.69) is 10.3 Å². The van der Waals surface area contributed by atoms with E-state index in [4.69, 9.17) is 44.7 Å². The van der Waals surface area contributed by atoms with Crippen LogP contribution in [0.3, 0.4) is 0 Å². The number of hydrogen-bond acceptors (Lipinski definition) is 5. The number of nitrogens with zero attached hydrogens (tertiary/aromatic N) is 1. The second-order valence-electron chi connectivity index (χ2n) is 6.09. The van der Waals surface area contributed by atoms with Crippen LogP contribution in [0.2, 0.25) is 15.2 Å². The van der Waals surface area contributed by atoms with Crippen LogP contribution in [0.1, 0.15) is 5.56 Å². The van der Waals surface area contributed by atoms with Crippen molar-refractivity contribution in [3.8, 4) is 11.5 Å². The Morgan fingerprint density at radius 1 is 1.10 bits per heavy atom. The van der Waals surface area contributed by atoms with Gasteiger partial charge in [-0.1, -0.05) is 40.9 Å². The van der Waals surface area contributed by atoms with Crippen molar-refractivity contribution >= 4 is 56.4 Å². The van der Waals surface area contributed by atoms with Crippen molar-refractivity contribution in [1.29, 1.82) is 0 Å². The van der Waals surface area contributed by atoms with Gasteiger partial charge in [-0.2, -0.15) is 0 Å². The first-order valence-corrected chi connectivity index (χ1v) is 11.0. The quantitative estimate of drug-likeness (QED) is 0.492. The molecule has 156 valence electrons. The third-order valence-electron chi connectivity index (χ3n) is 3.81. The zero-order valence-corrected chi connectivity index (χ0v) is 18.2. The summed E-state index contributed by atoms with van der Waals surface area (Å²) in [5, 5.41) is 8.82. The van der Waals surface area contributed by atoms with E-state index in [0.717, 1.165) is 0 Å². The zero-order chi connectivity index (χ0) is 21.9. The van der Waals surface area contributed by atoms with Gasteiger partial charge in [-0.25, -0.2) is 18.5 Å². The first-order chi connectivity index (χ1) is 14.1. The van der Waals surface area contributed by atoms with E-state index in [9.17, 15) is 13.2 Å². The number of amides is 1. The van der Waals surface area contributed by atoms with Crippen molar-refractivity contribution in [2.24, 2.45) is 5.14 Å². The molecule has 0 unspecified atom stereocenters. The Morgan fingerprint density at radius 3 is 2.53 bits per heavy atom. The molecule has 11 heteroatoms. The van der Waals surface area contributed by atoms with Gasteiger partial charge in [-0.15, -0.1) is 0 Å². The Bertz CT molecular complexity index is 1220. The summed E-state index contributed by atoms with van der Waals surface area (Å²) in [7, 11) is -4.15. The van der Waals surface area contributed by atoms with Gasteiger partial charge in [0.15, 0.2) is 0 Å². The summed E-state index contributed by atoms with van der Waals surface area (Å²) in [5.74, 6) is -0.123. The van der Waals surface area contributed by atoms with Crippen LogP contribution in [-0.4, -0.2) is 19.3 Å². The average Bonchev–Trinajstić information content (AvgIpc) is 2.64. The number of rotatable bonds is 6. The minimum atomic E-state index is -4.15. The molecule has 1 amide bonds. The molecule has 0 aliphatic carbocycles. The smallest absolute Gasteiger partial charge is 0.241 e. The van der Waals surface area contributed by atoms with Crippen molar-refractivity contribution in [2.45, 2.75) is 11.3 Å². The van der Waals surface area contributed by atoms with Crippen LogP contribution in [0.5, 0.6) is 11.5 Å². The second-order valence-corrected chi connectivity index (χ2v) is 8.85. The standard InChI is InChI=1S/C19H14Cl3N3O4S/c20-12-2-1-3-14(7-12)29-16-5-4-13(8-17(16)30(23,27)28)25-19(26)6-11-10-24-18(22)9-15(11)21/h1-5,7-10H,6H2,(H,25,26)(H2,23,27,28). The molecule has 0 bridgehead atoms. The van der Waals surface area contributed by atoms with Crippen LogP contribution in [0.4, 0.5) is 5.69 Å². The first-order valence-electron chi connectivity index (χ1n) is 8.32. The number of ether oxygens (including phenoxy) is 1. The summed E-state index contributed by atoms with van der Waals surface area (Å²) in [6, 6.07) is 11.9. The van der Waals surface area contributed by atoms with Crippen LogP contribution in [0.15, 0.2) is 59.6 Å². The highest BCUT2D eigenvalue weighted by Gasteiger charge is 2.18. The summed E-state index contributed by atoms with van der Waals surface area (Å²) >= 11 is 17.7. The maximum Gasteiger partial charge on any atom is 0.241 e. The van der Waals surface area contributed by atoms with Crippen molar-refractivity contribution < 1.29 is 17.9 Å². The van der Waals surface area contributed by atoms with Crippen molar-refractivity contribution in [2.75, 3.05) is 5.32 Å². The topological polar surface area (TPSA) is 111 Å². The number of sulfonamides is 1. The summed E-state index contributed by atoms with van der Waals surface area (Å²) in [6.45, 7) is 0. The minimum absolute atomic E-state index is 0.0114. The molecule has 2 aromatic carbocycles. The van der Waals surface area contributed by atoms with E-state index in [1.54, 1.807) is 18.2 Å². The molecule has 0 aliphatic rings. The Hall–Kier alpha value is -2.36. The SMILES string of the molecule is NS(=O)(=O)c1cc(NC(=O)Cc2cnc(Cl)cc2Cl)ccc1Oc1cccc(Cl)c1. The van der Waals surface area contributed by atoms with Crippen LogP contribution in [0, 0.1) is 0 Å². The molecule has 0 spiro atoms. The molecule has 3 N–H and O–H groups in total. The summed E-state index contributed by atoms with van der Waals surface area (Å²) in [4.78, 5) is 15.9. The molecule has 0 fully saturated rings. The molecule has 3 rings (SSSR count). The van der Waals surface area contributed by atoms with Gasteiger partial charge < -0.3 is 10.1 Å². The highest BCUT2D eigenvalue weighted by Crippen LogP contribution is 2.31. The van der Waals surface area contributed by atoms with E-state index in [-0.39, 0.29) is 27.9 Å². The summed E-state index contributed by atoms with van der Waals surface area (Å²) in [6.07, 6.45) is 1.30. The number of pyridine rings is 1. The summed E-state index contributed by atoms with van der Waals surface area (Å²) < 4.78 is 29.7. The fourth-order valence-corrected chi connectivity index (χ4v) is 3.79. The van der Waals surface area contributed by atoms with Crippen LogP contribution in [-0.2, 0) is 21.2 Å². The van der Waals surface area contributed by atoms with Crippen LogP contribution >= 0.6 is 34.8 Å². The number of anilines is 1. The molecule has 7 nitrogen and oxygen atoms in total. The fraction of sp³-hybridized carbons (Fsp3) is 0.0526. The molecule has 0 atom stereocenters. The van der Waals surface area contributed by atoms with Gasteiger partial charge in [0, 0.05) is 21.9 Å². The number of primary sulfonamides is 1. The van der Waals surface area contributed by atoms with Gasteiger partial charge in [-0.05, 0) is 48.0 Å². The molecule has 1 aromatic heterocycles. The zero-order valence-electron chi connectivity index (χ0n) is 15.1. The van der Waals surface area contributed by atoms with Gasteiger partial charge in [-0.3, -0.25) is 4.79 Å². The number of halogens is 3. The third kappa shape index (κ3) is 5.84. The van der Waals surface area contributed by atoms with E-state index in [1.807, 2.05) is 0 Å². The normalized spacial score (nSPS) is 11.2. The maximum absolute atomic E-state index is 12.3. The molecule has 0 aliphatic heterocycles. The Kier molecular flexibility index (Phi) is 6.84. The Labute approximate surface area is 187 Å².